The molecule has 1 heterocycles. The molecule has 0 aliphatic rings. The van der Waals surface area contributed by atoms with Crippen LogP contribution >= 0.6 is 0 Å². The molecule has 0 unspecified atom stereocenters. The van der Waals surface area contributed by atoms with Crippen molar-refractivity contribution < 1.29 is 9.21 Å². The molecular formula is C9H13NO2. The van der Waals surface area contributed by atoms with Crippen molar-refractivity contribution >= 4 is 5.91 Å². The number of hydrogen-bond donors (Lipinski definition) is 1. The van der Waals surface area contributed by atoms with Crippen LogP contribution in [-0.2, 0) is 0 Å². The van der Waals surface area contributed by atoms with E-state index in [-0.39, 0.29) is 11.9 Å². The summed E-state index contributed by atoms with van der Waals surface area (Å²) in [4.78, 5) is 11.3. The van der Waals surface area contributed by atoms with Gasteiger partial charge in [-0.3, -0.25) is 4.79 Å². The van der Waals surface area contributed by atoms with Crippen LogP contribution in [0.5, 0.6) is 0 Å². The molecular weight excluding hydrogens is 154 g/mol. The van der Waals surface area contributed by atoms with Crippen molar-refractivity contribution in [1.29, 1.82) is 0 Å². The zero-order valence-corrected chi connectivity index (χ0v) is 7.55. The molecule has 3 nitrogen and oxygen atoms in total. The summed E-state index contributed by atoms with van der Waals surface area (Å²) in [5.41, 5.74) is 0.962. The van der Waals surface area contributed by atoms with Crippen LogP contribution in [0.1, 0.15) is 30.0 Å². The molecule has 0 atom stereocenters. The van der Waals surface area contributed by atoms with Gasteiger partial charge < -0.3 is 9.73 Å². The van der Waals surface area contributed by atoms with Crippen LogP contribution in [0.25, 0.3) is 0 Å². The highest BCUT2D eigenvalue weighted by atomic mass is 16.3. The summed E-state index contributed by atoms with van der Waals surface area (Å²) in [6.45, 7) is 5.71. The van der Waals surface area contributed by atoms with Crippen LogP contribution in [0.2, 0.25) is 0 Å². The Morgan fingerprint density at radius 2 is 2.25 bits per heavy atom. The van der Waals surface area contributed by atoms with Gasteiger partial charge in [-0.2, -0.15) is 0 Å². The molecule has 0 aliphatic carbocycles. The minimum absolute atomic E-state index is 0.142. The molecule has 0 saturated heterocycles. The average molecular weight is 167 g/mol. The van der Waals surface area contributed by atoms with Crippen molar-refractivity contribution in [3.63, 3.8) is 0 Å². The zero-order chi connectivity index (χ0) is 9.14. The Hall–Kier alpha value is -1.25. The van der Waals surface area contributed by atoms with Gasteiger partial charge in [0.1, 0.15) is 0 Å². The van der Waals surface area contributed by atoms with Gasteiger partial charge in [-0.25, -0.2) is 0 Å². The molecule has 66 valence electrons. The minimum Gasteiger partial charge on any atom is -0.459 e. The number of amides is 1. The number of carbonyl (C=O) groups is 1. The summed E-state index contributed by atoms with van der Waals surface area (Å²) in [5, 5.41) is 2.74. The van der Waals surface area contributed by atoms with Gasteiger partial charge in [0.25, 0.3) is 5.91 Å². The summed E-state index contributed by atoms with van der Waals surface area (Å²) in [6.07, 6.45) is 1.56. The first kappa shape index (κ1) is 8.84. The van der Waals surface area contributed by atoms with E-state index >= 15 is 0 Å². The Morgan fingerprint density at radius 1 is 1.58 bits per heavy atom. The molecule has 3 heteroatoms. The normalized spacial score (nSPS) is 10.3. The molecule has 0 aromatic carbocycles. The lowest BCUT2D eigenvalue weighted by Gasteiger charge is -2.04. The lowest BCUT2D eigenvalue weighted by atomic mass is 10.3. The van der Waals surface area contributed by atoms with Gasteiger partial charge in [-0.1, -0.05) is 0 Å². The summed E-state index contributed by atoms with van der Waals surface area (Å²) in [5.74, 6) is 0.222. The minimum atomic E-state index is -0.155. The van der Waals surface area contributed by atoms with E-state index in [4.69, 9.17) is 4.42 Å². The fraction of sp³-hybridized carbons (Fsp3) is 0.444. The number of furan rings is 1. The number of nitrogens with one attached hydrogen (secondary N) is 1. The molecule has 1 rings (SSSR count). The van der Waals surface area contributed by atoms with Crippen molar-refractivity contribution in [2.45, 2.75) is 26.8 Å². The quantitative estimate of drug-likeness (QED) is 0.728. The highest BCUT2D eigenvalue weighted by Gasteiger charge is 2.09. The van der Waals surface area contributed by atoms with E-state index in [2.05, 4.69) is 5.32 Å². The number of hydrogen-bond acceptors (Lipinski definition) is 2. The Morgan fingerprint density at radius 3 is 2.67 bits per heavy atom. The van der Waals surface area contributed by atoms with Crippen molar-refractivity contribution in [2.75, 3.05) is 0 Å². The summed E-state index contributed by atoms with van der Waals surface area (Å²) >= 11 is 0. The molecule has 12 heavy (non-hydrogen) atoms. The summed E-state index contributed by atoms with van der Waals surface area (Å²) < 4.78 is 5.01. The standard InChI is InChI=1S/C9H13NO2/c1-6(2)10-9(11)8-4-7(3)5-12-8/h4-6H,1-3H3,(H,10,11). The van der Waals surface area contributed by atoms with E-state index in [1.807, 2.05) is 20.8 Å². The first-order valence-electron chi connectivity index (χ1n) is 3.95. The first-order valence-corrected chi connectivity index (χ1v) is 3.95. The van der Waals surface area contributed by atoms with E-state index in [1.165, 1.54) is 0 Å². The van der Waals surface area contributed by atoms with Gasteiger partial charge in [-0.05, 0) is 32.4 Å². The Bertz CT molecular complexity index is 276. The summed E-state index contributed by atoms with van der Waals surface area (Å²) in [7, 11) is 0. The second-order valence-electron chi connectivity index (χ2n) is 3.12. The van der Waals surface area contributed by atoms with Gasteiger partial charge in [0.05, 0.1) is 6.26 Å². The van der Waals surface area contributed by atoms with Crippen LogP contribution in [0, 0.1) is 6.92 Å². The largest absolute Gasteiger partial charge is 0.459 e. The second kappa shape index (κ2) is 3.43. The fourth-order valence-corrected chi connectivity index (χ4v) is 0.884. The lowest BCUT2D eigenvalue weighted by molar-refractivity contribution is 0.0915. The molecule has 0 aliphatic heterocycles. The maximum Gasteiger partial charge on any atom is 0.287 e. The SMILES string of the molecule is Cc1coc(C(=O)NC(C)C)c1. The van der Waals surface area contributed by atoms with Crippen LogP contribution < -0.4 is 5.32 Å². The smallest absolute Gasteiger partial charge is 0.287 e. The fourth-order valence-electron chi connectivity index (χ4n) is 0.884. The van der Waals surface area contributed by atoms with Crippen molar-refractivity contribution in [1.82, 2.24) is 5.32 Å². The third-order valence-electron chi connectivity index (χ3n) is 1.37. The number of rotatable bonds is 2. The molecule has 1 aromatic heterocycles. The third-order valence-corrected chi connectivity index (χ3v) is 1.37. The van der Waals surface area contributed by atoms with Gasteiger partial charge in [0.2, 0.25) is 0 Å². The topological polar surface area (TPSA) is 42.2 Å². The highest BCUT2D eigenvalue weighted by molar-refractivity contribution is 5.91. The predicted molar refractivity (Wildman–Crippen MR) is 46.0 cm³/mol. The molecule has 0 saturated carbocycles. The molecule has 0 fully saturated rings. The van der Waals surface area contributed by atoms with E-state index in [1.54, 1.807) is 12.3 Å². The Balaban J connectivity index is 2.65. The van der Waals surface area contributed by atoms with Gasteiger partial charge in [0.15, 0.2) is 5.76 Å². The van der Waals surface area contributed by atoms with E-state index in [0.29, 0.717) is 5.76 Å². The summed E-state index contributed by atoms with van der Waals surface area (Å²) in [6, 6.07) is 1.86. The van der Waals surface area contributed by atoms with Crippen molar-refractivity contribution in [3.8, 4) is 0 Å². The predicted octanol–water partition coefficient (Wildman–Crippen LogP) is 1.73. The molecule has 0 bridgehead atoms. The Kier molecular flexibility index (Phi) is 2.53. The Labute approximate surface area is 71.8 Å². The van der Waals surface area contributed by atoms with E-state index in [9.17, 15) is 4.79 Å². The highest BCUT2D eigenvalue weighted by Crippen LogP contribution is 2.05. The van der Waals surface area contributed by atoms with Gasteiger partial charge in [0, 0.05) is 6.04 Å². The second-order valence-corrected chi connectivity index (χ2v) is 3.12. The van der Waals surface area contributed by atoms with Crippen LogP contribution in [0.15, 0.2) is 16.7 Å². The monoisotopic (exact) mass is 167 g/mol. The van der Waals surface area contributed by atoms with Crippen molar-refractivity contribution in [2.24, 2.45) is 0 Å². The van der Waals surface area contributed by atoms with E-state index in [0.717, 1.165) is 5.56 Å². The maximum absolute atomic E-state index is 11.3. The third kappa shape index (κ3) is 2.12. The van der Waals surface area contributed by atoms with Gasteiger partial charge >= 0.3 is 0 Å². The van der Waals surface area contributed by atoms with Gasteiger partial charge in [-0.15, -0.1) is 0 Å². The molecule has 1 amide bonds. The molecule has 1 aromatic rings. The van der Waals surface area contributed by atoms with Crippen LogP contribution in [-0.4, -0.2) is 11.9 Å². The molecule has 0 radical (unpaired) electrons. The zero-order valence-electron chi connectivity index (χ0n) is 7.55. The van der Waals surface area contributed by atoms with Crippen LogP contribution in [0.4, 0.5) is 0 Å². The average Bonchev–Trinajstić information content (AvgIpc) is 2.34. The first-order chi connectivity index (χ1) is 5.59. The van der Waals surface area contributed by atoms with Crippen molar-refractivity contribution in [3.05, 3.63) is 23.7 Å². The lowest BCUT2D eigenvalue weighted by Crippen LogP contribution is -2.29. The maximum atomic E-state index is 11.3. The molecule has 1 N–H and O–H groups in total. The number of aryl methyl sites for hydroxylation is 1. The number of carbonyl (C=O) groups excluding carboxylic acids is 1. The van der Waals surface area contributed by atoms with Crippen LogP contribution in [0.3, 0.4) is 0 Å². The van der Waals surface area contributed by atoms with E-state index < -0.39 is 0 Å². The molecule has 0 spiro atoms.